The number of aryl methyl sites for hydroxylation is 1. The molecule has 1 aliphatic rings. The summed E-state index contributed by atoms with van der Waals surface area (Å²) < 4.78 is 0. The van der Waals surface area contributed by atoms with Crippen LogP contribution in [0.1, 0.15) is 36.9 Å². The second-order valence-electron chi connectivity index (χ2n) is 7.50. The molecule has 1 unspecified atom stereocenters. The van der Waals surface area contributed by atoms with Crippen LogP contribution in [0.2, 0.25) is 0 Å². The van der Waals surface area contributed by atoms with Gasteiger partial charge >= 0.3 is 0 Å². The van der Waals surface area contributed by atoms with Gasteiger partial charge in [-0.1, -0.05) is 79.4 Å². The third kappa shape index (κ3) is 3.56. The smallest absolute Gasteiger partial charge is 0.0595 e. The van der Waals surface area contributed by atoms with E-state index in [0.717, 1.165) is 19.4 Å². The molecule has 2 atom stereocenters. The Kier molecular flexibility index (Phi) is 5.14. The molecular weight excluding hydrogens is 326 g/mol. The minimum Gasteiger partial charge on any atom is -0.362 e. The van der Waals surface area contributed by atoms with Crippen molar-refractivity contribution < 1.29 is 0 Å². The second-order valence-corrected chi connectivity index (χ2v) is 7.50. The van der Waals surface area contributed by atoms with Gasteiger partial charge in [-0.15, -0.1) is 5.73 Å². The molecule has 1 nitrogen and oxygen atoms in total. The predicted octanol–water partition coefficient (Wildman–Crippen LogP) is 6.52. The van der Waals surface area contributed by atoms with Crippen molar-refractivity contribution in [1.29, 1.82) is 0 Å². The number of allylic oxidation sites excluding steroid dienone is 1. The first-order valence-corrected chi connectivity index (χ1v) is 9.96. The Morgan fingerprint density at radius 2 is 1.74 bits per heavy atom. The molecule has 1 fully saturated rings. The first-order valence-electron chi connectivity index (χ1n) is 9.96. The quantitative estimate of drug-likeness (QED) is 0.472. The van der Waals surface area contributed by atoms with E-state index in [9.17, 15) is 0 Å². The van der Waals surface area contributed by atoms with Gasteiger partial charge in [0, 0.05) is 12.5 Å². The zero-order valence-corrected chi connectivity index (χ0v) is 16.1. The fourth-order valence-electron chi connectivity index (χ4n) is 4.47. The molecule has 0 aromatic heterocycles. The third-order valence-electron chi connectivity index (χ3n) is 5.99. The van der Waals surface area contributed by atoms with Crippen LogP contribution >= 0.6 is 0 Å². The van der Waals surface area contributed by atoms with Gasteiger partial charge in [-0.25, -0.2) is 0 Å². The summed E-state index contributed by atoms with van der Waals surface area (Å²) in [4.78, 5) is 2.50. The van der Waals surface area contributed by atoms with E-state index >= 15 is 0 Å². The monoisotopic (exact) mass is 353 g/mol. The van der Waals surface area contributed by atoms with Crippen molar-refractivity contribution in [2.75, 3.05) is 6.54 Å². The highest BCUT2D eigenvalue weighted by atomic mass is 15.2. The molecule has 1 saturated heterocycles. The number of hydrogen-bond acceptors (Lipinski definition) is 1. The highest BCUT2D eigenvalue weighted by Crippen LogP contribution is 2.37. The van der Waals surface area contributed by atoms with Crippen LogP contribution in [0.3, 0.4) is 0 Å². The van der Waals surface area contributed by atoms with E-state index in [-0.39, 0.29) is 0 Å². The minimum absolute atomic E-state index is 0.373. The molecule has 1 aliphatic heterocycles. The van der Waals surface area contributed by atoms with Crippen molar-refractivity contribution in [3.8, 4) is 0 Å². The number of likely N-dealkylation sites (tertiary alicyclic amines) is 1. The van der Waals surface area contributed by atoms with Gasteiger partial charge in [0.1, 0.15) is 0 Å². The Bertz CT molecular complexity index is 960. The van der Waals surface area contributed by atoms with Crippen molar-refractivity contribution in [1.82, 2.24) is 4.90 Å². The Hall–Kier alpha value is -2.76. The van der Waals surface area contributed by atoms with E-state index in [2.05, 4.69) is 96.9 Å². The van der Waals surface area contributed by atoms with E-state index in [1.54, 1.807) is 0 Å². The Morgan fingerprint density at radius 1 is 1.00 bits per heavy atom. The van der Waals surface area contributed by atoms with E-state index < -0.39 is 0 Å². The molecule has 1 heterocycles. The zero-order valence-electron chi connectivity index (χ0n) is 16.1. The third-order valence-corrected chi connectivity index (χ3v) is 5.99. The number of rotatable bonds is 5. The molecule has 27 heavy (non-hydrogen) atoms. The van der Waals surface area contributed by atoms with Gasteiger partial charge in [-0.3, -0.25) is 0 Å². The Labute approximate surface area is 162 Å². The fourth-order valence-corrected chi connectivity index (χ4v) is 4.47. The van der Waals surface area contributed by atoms with Crippen molar-refractivity contribution in [2.45, 2.75) is 32.2 Å². The van der Waals surface area contributed by atoms with Crippen molar-refractivity contribution >= 4 is 10.8 Å². The summed E-state index contributed by atoms with van der Waals surface area (Å²) >= 11 is 0. The summed E-state index contributed by atoms with van der Waals surface area (Å²) in [5.41, 5.74) is 7.39. The lowest BCUT2D eigenvalue weighted by Crippen LogP contribution is -2.22. The van der Waals surface area contributed by atoms with E-state index in [1.165, 1.54) is 34.0 Å². The molecule has 3 aromatic carbocycles. The van der Waals surface area contributed by atoms with Gasteiger partial charge in [0.15, 0.2) is 0 Å². The molecule has 3 aromatic rings. The molecule has 1 heteroatoms. The molecular formula is C26H27N. The number of nitrogens with zero attached hydrogens (tertiary/aromatic N) is 1. The van der Waals surface area contributed by atoms with Crippen LogP contribution in [-0.4, -0.2) is 11.4 Å². The largest absolute Gasteiger partial charge is 0.362 e. The van der Waals surface area contributed by atoms with Crippen LogP contribution in [0.5, 0.6) is 0 Å². The number of hydrogen-bond donors (Lipinski definition) is 0. The molecule has 0 radical (unpaired) electrons. The first-order chi connectivity index (χ1) is 13.3. The molecule has 0 bridgehead atoms. The van der Waals surface area contributed by atoms with Crippen LogP contribution < -0.4 is 0 Å². The zero-order chi connectivity index (χ0) is 18.6. The minimum atomic E-state index is 0.373. The summed E-state index contributed by atoms with van der Waals surface area (Å²) in [6.45, 7) is 7.40. The second kappa shape index (κ2) is 7.86. The van der Waals surface area contributed by atoms with E-state index in [0.29, 0.717) is 12.0 Å². The highest BCUT2D eigenvalue weighted by molar-refractivity contribution is 5.85. The van der Waals surface area contributed by atoms with E-state index in [4.69, 9.17) is 0 Å². The molecule has 4 rings (SSSR count). The maximum atomic E-state index is 4.02. The lowest BCUT2D eigenvalue weighted by Gasteiger charge is -2.28. The Balaban J connectivity index is 1.49. The number of fused-ring (bicyclic) bond motifs is 1. The summed E-state index contributed by atoms with van der Waals surface area (Å²) in [6, 6.07) is 26.5. The van der Waals surface area contributed by atoms with Crippen LogP contribution in [0, 0.1) is 5.92 Å². The van der Waals surface area contributed by atoms with Gasteiger partial charge in [0.05, 0.1) is 11.7 Å². The lowest BCUT2D eigenvalue weighted by atomic mass is 9.93. The molecule has 0 spiro atoms. The highest BCUT2D eigenvalue weighted by Gasteiger charge is 2.30. The SMILES string of the molecule is C=C=C1C(CCc2cccc3ccccc23)CCN1[C@@H](C)c1ccccc1. The number of benzene rings is 3. The topological polar surface area (TPSA) is 3.24 Å². The molecule has 0 aliphatic carbocycles. The molecule has 0 amide bonds. The van der Waals surface area contributed by atoms with Crippen LogP contribution in [-0.2, 0) is 6.42 Å². The predicted molar refractivity (Wildman–Crippen MR) is 115 cm³/mol. The van der Waals surface area contributed by atoms with Gasteiger partial charge in [-0.05, 0) is 48.1 Å². The van der Waals surface area contributed by atoms with Gasteiger partial charge in [0.25, 0.3) is 0 Å². The van der Waals surface area contributed by atoms with E-state index in [1.807, 2.05) is 0 Å². The van der Waals surface area contributed by atoms with Crippen molar-refractivity contribution in [3.63, 3.8) is 0 Å². The summed E-state index contributed by atoms with van der Waals surface area (Å²) in [5.74, 6) is 0.549. The van der Waals surface area contributed by atoms with Gasteiger partial charge in [-0.2, -0.15) is 0 Å². The van der Waals surface area contributed by atoms with Crippen molar-refractivity contribution in [2.24, 2.45) is 5.92 Å². The van der Waals surface area contributed by atoms with Crippen LogP contribution in [0.25, 0.3) is 10.8 Å². The molecule has 0 N–H and O–H groups in total. The summed E-state index contributed by atoms with van der Waals surface area (Å²) in [6.07, 6.45) is 3.45. The molecule has 0 saturated carbocycles. The summed E-state index contributed by atoms with van der Waals surface area (Å²) in [7, 11) is 0. The molecule has 136 valence electrons. The lowest BCUT2D eigenvalue weighted by molar-refractivity contribution is 0.306. The summed E-state index contributed by atoms with van der Waals surface area (Å²) in [5, 5.41) is 2.72. The standard InChI is InChI=1S/C26H27N/c1-3-26-24(18-19-27(26)20(2)21-10-5-4-6-11-21)17-16-23-14-9-13-22-12-7-8-15-25(22)23/h4-15,20,24H,1,16-19H2,2H3/t20-,24?/m0/s1. The van der Waals surface area contributed by atoms with Crippen LogP contribution in [0.15, 0.2) is 90.8 Å². The maximum absolute atomic E-state index is 4.02. The normalized spacial score (nSPS) is 17.9. The average molecular weight is 354 g/mol. The van der Waals surface area contributed by atoms with Crippen molar-refractivity contribution in [3.05, 3.63) is 102 Å². The fraction of sp³-hybridized carbons (Fsp3) is 0.269. The van der Waals surface area contributed by atoms with Gasteiger partial charge < -0.3 is 4.90 Å². The van der Waals surface area contributed by atoms with Gasteiger partial charge in [0.2, 0.25) is 0 Å². The average Bonchev–Trinajstić information content (AvgIpc) is 3.15. The maximum Gasteiger partial charge on any atom is 0.0595 e. The first kappa shape index (κ1) is 17.6. The van der Waals surface area contributed by atoms with Crippen LogP contribution in [0.4, 0.5) is 0 Å². The Morgan fingerprint density at radius 3 is 2.56 bits per heavy atom.